The first-order chi connectivity index (χ1) is 12.0. The lowest BCUT2D eigenvalue weighted by molar-refractivity contribution is 0.0526. The Morgan fingerprint density at radius 2 is 2.24 bits per heavy atom. The van der Waals surface area contributed by atoms with E-state index in [9.17, 15) is 9.59 Å². The second kappa shape index (κ2) is 7.39. The van der Waals surface area contributed by atoms with Crippen molar-refractivity contribution in [2.45, 2.75) is 39.5 Å². The van der Waals surface area contributed by atoms with Gasteiger partial charge in [-0.15, -0.1) is 11.3 Å². The van der Waals surface area contributed by atoms with Crippen molar-refractivity contribution >= 4 is 28.2 Å². The average Bonchev–Trinajstić information content (AvgIpc) is 3.17. The predicted molar refractivity (Wildman–Crippen MR) is 97.2 cm³/mol. The summed E-state index contributed by atoms with van der Waals surface area (Å²) in [5.41, 5.74) is 2.04. The van der Waals surface area contributed by atoms with E-state index in [4.69, 9.17) is 4.74 Å². The quantitative estimate of drug-likeness (QED) is 0.828. The van der Waals surface area contributed by atoms with E-state index >= 15 is 0 Å². The summed E-state index contributed by atoms with van der Waals surface area (Å²) in [7, 11) is 1.71. The van der Waals surface area contributed by atoms with Gasteiger partial charge in [0.05, 0.1) is 12.2 Å². The Kier molecular flexibility index (Phi) is 5.22. The van der Waals surface area contributed by atoms with Crippen molar-refractivity contribution < 1.29 is 14.3 Å². The third-order valence-electron chi connectivity index (χ3n) is 4.70. The van der Waals surface area contributed by atoms with Gasteiger partial charge in [0.2, 0.25) is 0 Å². The van der Waals surface area contributed by atoms with Gasteiger partial charge in [-0.05, 0) is 43.7 Å². The molecule has 0 unspecified atom stereocenters. The zero-order valence-corrected chi connectivity index (χ0v) is 15.6. The van der Waals surface area contributed by atoms with E-state index in [0.29, 0.717) is 28.8 Å². The number of hydrogen-bond donors (Lipinski definition) is 1. The topological polar surface area (TPSA) is 73.2 Å². The Hall–Kier alpha value is -2.15. The highest BCUT2D eigenvalue weighted by molar-refractivity contribution is 7.17. The number of esters is 1. The lowest BCUT2D eigenvalue weighted by atomic mass is 9.85. The molecule has 1 atom stereocenters. The monoisotopic (exact) mass is 361 g/mol. The van der Waals surface area contributed by atoms with Gasteiger partial charge in [0.15, 0.2) is 0 Å². The van der Waals surface area contributed by atoms with Gasteiger partial charge in [-0.1, -0.05) is 13.3 Å². The highest BCUT2D eigenvalue weighted by Gasteiger charge is 2.30. The fourth-order valence-corrected chi connectivity index (χ4v) is 4.62. The van der Waals surface area contributed by atoms with Crippen LogP contribution in [0.2, 0.25) is 0 Å². The summed E-state index contributed by atoms with van der Waals surface area (Å²) < 4.78 is 6.75. The van der Waals surface area contributed by atoms with E-state index in [1.54, 1.807) is 26.2 Å². The molecule has 134 valence electrons. The standard InChI is InChI=1S/C18H23N3O3S/c1-4-11-6-7-12-14(10-11)25-17(15(12)18(23)24-5-2)20-16(22)13-8-9-19-21(13)3/h8-9,11H,4-7,10H2,1-3H3,(H,20,22)/t11-/m1/s1. The number of hydrogen-bond acceptors (Lipinski definition) is 5. The number of fused-ring (bicyclic) bond motifs is 1. The van der Waals surface area contributed by atoms with Crippen molar-refractivity contribution in [2.24, 2.45) is 13.0 Å². The summed E-state index contributed by atoms with van der Waals surface area (Å²) in [6.45, 7) is 4.30. The van der Waals surface area contributed by atoms with Gasteiger partial charge in [0.25, 0.3) is 5.91 Å². The van der Waals surface area contributed by atoms with Gasteiger partial charge in [-0.2, -0.15) is 5.10 Å². The van der Waals surface area contributed by atoms with Crippen LogP contribution in [-0.2, 0) is 24.6 Å². The summed E-state index contributed by atoms with van der Waals surface area (Å²) in [6.07, 6.45) is 5.60. The minimum atomic E-state index is -0.352. The molecule has 1 aliphatic carbocycles. The van der Waals surface area contributed by atoms with Crippen molar-refractivity contribution in [3.05, 3.63) is 34.0 Å². The van der Waals surface area contributed by atoms with Crippen LogP contribution >= 0.6 is 11.3 Å². The lowest BCUT2D eigenvalue weighted by Crippen LogP contribution is -2.18. The van der Waals surface area contributed by atoms with Gasteiger partial charge in [-0.25, -0.2) is 4.79 Å². The molecular formula is C18H23N3O3S. The summed E-state index contributed by atoms with van der Waals surface area (Å²) in [5, 5.41) is 7.51. The maximum atomic E-state index is 12.5. The van der Waals surface area contributed by atoms with E-state index in [2.05, 4.69) is 17.3 Å². The van der Waals surface area contributed by atoms with Crippen LogP contribution in [0.15, 0.2) is 12.3 Å². The van der Waals surface area contributed by atoms with Crippen LogP contribution in [0.5, 0.6) is 0 Å². The number of carbonyl (C=O) groups excluding carboxylic acids is 2. The molecule has 0 saturated carbocycles. The number of carbonyl (C=O) groups is 2. The largest absolute Gasteiger partial charge is 0.462 e. The number of aryl methyl sites for hydroxylation is 1. The van der Waals surface area contributed by atoms with Gasteiger partial charge < -0.3 is 10.1 Å². The average molecular weight is 361 g/mol. The first kappa shape index (κ1) is 17.7. The number of nitrogens with zero attached hydrogens (tertiary/aromatic N) is 2. The molecule has 0 aliphatic heterocycles. The number of thiophene rings is 1. The summed E-state index contributed by atoms with van der Waals surface area (Å²) in [4.78, 5) is 26.2. The van der Waals surface area contributed by atoms with E-state index < -0.39 is 0 Å². The first-order valence-corrected chi connectivity index (χ1v) is 9.47. The Morgan fingerprint density at radius 3 is 2.88 bits per heavy atom. The molecule has 1 aliphatic rings. The Bertz CT molecular complexity index is 794. The molecule has 0 radical (unpaired) electrons. The van der Waals surface area contributed by atoms with Crippen LogP contribution in [0.3, 0.4) is 0 Å². The zero-order chi connectivity index (χ0) is 18.0. The maximum absolute atomic E-state index is 12.5. The zero-order valence-electron chi connectivity index (χ0n) is 14.8. The van der Waals surface area contributed by atoms with Gasteiger partial charge >= 0.3 is 5.97 Å². The number of rotatable bonds is 5. The van der Waals surface area contributed by atoms with Crippen molar-refractivity contribution in [2.75, 3.05) is 11.9 Å². The summed E-state index contributed by atoms with van der Waals surface area (Å²) in [6, 6.07) is 1.65. The smallest absolute Gasteiger partial charge is 0.341 e. The van der Waals surface area contributed by atoms with E-state index in [1.165, 1.54) is 20.9 Å². The van der Waals surface area contributed by atoms with E-state index in [-0.39, 0.29) is 11.9 Å². The Balaban J connectivity index is 1.95. The molecule has 0 aromatic carbocycles. The third-order valence-corrected chi connectivity index (χ3v) is 5.87. The molecule has 3 rings (SSSR count). The number of amides is 1. The van der Waals surface area contributed by atoms with Crippen molar-refractivity contribution in [3.8, 4) is 0 Å². The highest BCUT2D eigenvalue weighted by Crippen LogP contribution is 2.41. The number of nitrogens with one attached hydrogen (secondary N) is 1. The normalized spacial score (nSPS) is 16.4. The molecule has 0 saturated heterocycles. The first-order valence-electron chi connectivity index (χ1n) is 8.66. The molecular weight excluding hydrogens is 338 g/mol. The number of aromatic nitrogens is 2. The SMILES string of the molecule is CCOC(=O)c1c(NC(=O)c2ccnn2C)sc2c1CC[C@@H](CC)C2. The van der Waals surface area contributed by atoms with Crippen molar-refractivity contribution in [1.82, 2.24) is 9.78 Å². The third kappa shape index (κ3) is 3.46. The molecule has 0 spiro atoms. The van der Waals surface area contributed by atoms with Gasteiger partial charge in [0, 0.05) is 18.1 Å². The number of ether oxygens (including phenoxy) is 1. The van der Waals surface area contributed by atoms with Crippen LogP contribution in [0.1, 0.15) is 58.0 Å². The van der Waals surface area contributed by atoms with E-state index in [1.807, 2.05) is 0 Å². The van der Waals surface area contributed by atoms with Crippen LogP contribution < -0.4 is 5.32 Å². The molecule has 0 fully saturated rings. The van der Waals surface area contributed by atoms with Crippen molar-refractivity contribution in [1.29, 1.82) is 0 Å². The van der Waals surface area contributed by atoms with Crippen LogP contribution in [0.25, 0.3) is 0 Å². The molecule has 1 amide bonds. The Morgan fingerprint density at radius 1 is 1.44 bits per heavy atom. The van der Waals surface area contributed by atoms with E-state index in [0.717, 1.165) is 31.2 Å². The van der Waals surface area contributed by atoms with Gasteiger partial charge in [-0.3, -0.25) is 9.48 Å². The fraction of sp³-hybridized carbons (Fsp3) is 0.500. The van der Waals surface area contributed by atoms with Gasteiger partial charge in [0.1, 0.15) is 10.7 Å². The second-order valence-electron chi connectivity index (χ2n) is 6.24. The van der Waals surface area contributed by atoms with Crippen LogP contribution in [0.4, 0.5) is 5.00 Å². The predicted octanol–water partition coefficient (Wildman–Crippen LogP) is 3.43. The second-order valence-corrected chi connectivity index (χ2v) is 7.34. The molecule has 2 aromatic rings. The molecule has 2 aromatic heterocycles. The molecule has 7 heteroatoms. The molecule has 2 heterocycles. The Labute approximate surface area is 151 Å². The molecule has 1 N–H and O–H groups in total. The molecule has 0 bridgehead atoms. The summed E-state index contributed by atoms with van der Waals surface area (Å²) >= 11 is 1.50. The van der Waals surface area contributed by atoms with Crippen molar-refractivity contribution in [3.63, 3.8) is 0 Å². The minimum Gasteiger partial charge on any atom is -0.462 e. The maximum Gasteiger partial charge on any atom is 0.341 e. The van der Waals surface area contributed by atoms with Crippen LogP contribution in [0, 0.1) is 5.92 Å². The molecule has 25 heavy (non-hydrogen) atoms. The highest BCUT2D eigenvalue weighted by atomic mass is 32.1. The minimum absolute atomic E-state index is 0.267. The number of anilines is 1. The van der Waals surface area contributed by atoms with Crippen LogP contribution in [-0.4, -0.2) is 28.3 Å². The lowest BCUT2D eigenvalue weighted by Gasteiger charge is -2.20. The molecule has 6 nitrogen and oxygen atoms in total. The summed E-state index contributed by atoms with van der Waals surface area (Å²) in [5.74, 6) is 0.0215. The fourth-order valence-electron chi connectivity index (χ4n) is 3.27.